The topological polar surface area (TPSA) is 94.2 Å². The minimum atomic E-state index is -0.691. The molecule has 0 aromatic rings. The van der Waals surface area contributed by atoms with E-state index in [1.54, 1.807) is 20.8 Å². The summed E-state index contributed by atoms with van der Waals surface area (Å²) in [5, 5.41) is 2.96. The fraction of sp³-hybridized carbons (Fsp3) is 0.786. The summed E-state index contributed by atoms with van der Waals surface area (Å²) < 4.78 is 14.9. The number of carbonyl (C=O) groups excluding carboxylic acids is 3. The molecule has 1 rings (SSSR count). The van der Waals surface area contributed by atoms with E-state index in [1.165, 1.54) is 4.90 Å². The summed E-state index contributed by atoms with van der Waals surface area (Å²) in [6, 6.07) is -0.691. The zero-order valence-electron chi connectivity index (χ0n) is 13.3. The minimum absolute atomic E-state index is 0.0908. The highest BCUT2D eigenvalue weighted by Crippen LogP contribution is 2.11. The lowest BCUT2D eigenvalue weighted by Crippen LogP contribution is -2.46. The standard InChI is InChI=1S/C14H24N2O6/c1-4-20-12(17)10-7-15-11(13(18)21-5-2)9-16(8-10)14(19)22-6-3/h10-11,15H,4-9H2,1-3H3. The maximum absolute atomic E-state index is 12.0. The summed E-state index contributed by atoms with van der Waals surface area (Å²) in [4.78, 5) is 37.1. The van der Waals surface area contributed by atoms with Crippen molar-refractivity contribution in [3.63, 3.8) is 0 Å². The Morgan fingerprint density at radius 2 is 1.55 bits per heavy atom. The van der Waals surface area contributed by atoms with Crippen molar-refractivity contribution in [2.24, 2.45) is 5.92 Å². The maximum atomic E-state index is 12.0. The normalized spacial score (nSPS) is 21.7. The molecule has 8 heteroatoms. The average Bonchev–Trinajstić information content (AvgIpc) is 2.71. The van der Waals surface area contributed by atoms with Gasteiger partial charge in [-0.3, -0.25) is 9.59 Å². The van der Waals surface area contributed by atoms with Crippen molar-refractivity contribution in [2.75, 3.05) is 39.5 Å². The second-order valence-electron chi connectivity index (χ2n) is 4.77. The molecular formula is C14H24N2O6. The van der Waals surface area contributed by atoms with Gasteiger partial charge in [-0.25, -0.2) is 4.79 Å². The molecule has 1 heterocycles. The summed E-state index contributed by atoms with van der Waals surface area (Å²) in [7, 11) is 0. The van der Waals surface area contributed by atoms with Crippen molar-refractivity contribution in [1.82, 2.24) is 10.2 Å². The fourth-order valence-corrected chi connectivity index (χ4v) is 2.16. The third kappa shape index (κ3) is 5.18. The van der Waals surface area contributed by atoms with Crippen LogP contribution in [0.25, 0.3) is 0 Å². The number of amides is 1. The van der Waals surface area contributed by atoms with Crippen LogP contribution in [0.5, 0.6) is 0 Å². The Labute approximate surface area is 130 Å². The average molecular weight is 316 g/mol. The number of nitrogens with zero attached hydrogens (tertiary/aromatic N) is 1. The Morgan fingerprint density at radius 3 is 2.14 bits per heavy atom. The molecule has 0 aromatic carbocycles. The van der Waals surface area contributed by atoms with E-state index in [2.05, 4.69) is 5.32 Å². The van der Waals surface area contributed by atoms with Gasteiger partial charge in [0.15, 0.2) is 0 Å². The lowest BCUT2D eigenvalue weighted by atomic mass is 10.1. The third-order valence-corrected chi connectivity index (χ3v) is 3.17. The number of hydrogen-bond acceptors (Lipinski definition) is 7. The number of rotatable bonds is 5. The first kappa shape index (κ1) is 18.2. The van der Waals surface area contributed by atoms with Gasteiger partial charge >= 0.3 is 18.0 Å². The van der Waals surface area contributed by atoms with Crippen LogP contribution in [0.2, 0.25) is 0 Å². The Bertz CT molecular complexity index is 373. The summed E-state index contributed by atoms with van der Waals surface area (Å²) in [5.74, 6) is -1.42. The Balaban J connectivity index is 2.83. The molecule has 22 heavy (non-hydrogen) atoms. The van der Waals surface area contributed by atoms with Gasteiger partial charge < -0.3 is 24.4 Å². The van der Waals surface area contributed by atoms with Crippen molar-refractivity contribution in [3.05, 3.63) is 0 Å². The predicted molar refractivity (Wildman–Crippen MR) is 77.1 cm³/mol. The molecule has 0 saturated carbocycles. The quantitative estimate of drug-likeness (QED) is 0.570. The fourth-order valence-electron chi connectivity index (χ4n) is 2.16. The molecule has 2 atom stereocenters. The summed E-state index contributed by atoms with van der Waals surface area (Å²) in [6.45, 7) is 6.31. The second-order valence-corrected chi connectivity index (χ2v) is 4.77. The van der Waals surface area contributed by atoms with Crippen molar-refractivity contribution in [3.8, 4) is 0 Å². The molecule has 0 bridgehead atoms. The molecular weight excluding hydrogens is 292 g/mol. The van der Waals surface area contributed by atoms with Gasteiger partial charge in [-0.2, -0.15) is 0 Å². The number of nitrogens with one attached hydrogen (secondary N) is 1. The number of carbonyl (C=O) groups is 3. The van der Waals surface area contributed by atoms with Crippen LogP contribution in [0.4, 0.5) is 4.79 Å². The van der Waals surface area contributed by atoms with E-state index >= 15 is 0 Å². The lowest BCUT2D eigenvalue weighted by molar-refractivity contribution is -0.148. The monoisotopic (exact) mass is 316 g/mol. The summed E-state index contributed by atoms with van der Waals surface area (Å²) in [5.41, 5.74) is 0. The van der Waals surface area contributed by atoms with Crippen molar-refractivity contribution >= 4 is 18.0 Å². The zero-order valence-corrected chi connectivity index (χ0v) is 13.3. The highest BCUT2D eigenvalue weighted by molar-refractivity contribution is 5.79. The molecule has 0 aliphatic carbocycles. The Kier molecular flexibility index (Phi) is 7.65. The van der Waals surface area contributed by atoms with E-state index in [-0.39, 0.29) is 39.5 Å². The highest BCUT2D eigenvalue weighted by Gasteiger charge is 2.35. The highest BCUT2D eigenvalue weighted by atomic mass is 16.6. The number of ether oxygens (including phenoxy) is 3. The number of esters is 2. The molecule has 1 amide bonds. The van der Waals surface area contributed by atoms with Crippen LogP contribution in [0, 0.1) is 5.92 Å². The first-order valence-electron chi connectivity index (χ1n) is 7.51. The molecule has 126 valence electrons. The van der Waals surface area contributed by atoms with E-state index in [9.17, 15) is 14.4 Å². The van der Waals surface area contributed by atoms with Crippen molar-refractivity contribution < 1.29 is 28.6 Å². The molecule has 0 aromatic heterocycles. The Hall–Kier alpha value is -1.83. The minimum Gasteiger partial charge on any atom is -0.466 e. The molecule has 1 fully saturated rings. The van der Waals surface area contributed by atoms with E-state index in [0.717, 1.165) is 0 Å². The van der Waals surface area contributed by atoms with Gasteiger partial charge in [-0.15, -0.1) is 0 Å². The smallest absolute Gasteiger partial charge is 0.409 e. The first-order chi connectivity index (χ1) is 10.5. The van der Waals surface area contributed by atoms with Crippen molar-refractivity contribution in [2.45, 2.75) is 26.8 Å². The SMILES string of the molecule is CCOC(=O)C1CNC(C(=O)OCC)CN(C(=O)OCC)C1. The molecule has 1 aliphatic rings. The van der Waals surface area contributed by atoms with E-state index < -0.39 is 30.0 Å². The third-order valence-electron chi connectivity index (χ3n) is 3.17. The molecule has 8 nitrogen and oxygen atoms in total. The van der Waals surface area contributed by atoms with Crippen LogP contribution >= 0.6 is 0 Å². The van der Waals surface area contributed by atoms with Crippen LogP contribution in [0.15, 0.2) is 0 Å². The van der Waals surface area contributed by atoms with Crippen LogP contribution in [0.3, 0.4) is 0 Å². The largest absolute Gasteiger partial charge is 0.466 e. The molecule has 1 aliphatic heterocycles. The first-order valence-corrected chi connectivity index (χ1v) is 7.51. The van der Waals surface area contributed by atoms with Gasteiger partial charge in [0.05, 0.1) is 32.3 Å². The molecule has 2 unspecified atom stereocenters. The predicted octanol–water partition coefficient (Wildman–Crippen LogP) is 0.159. The van der Waals surface area contributed by atoms with Crippen molar-refractivity contribution in [1.29, 1.82) is 0 Å². The van der Waals surface area contributed by atoms with E-state index in [4.69, 9.17) is 14.2 Å². The van der Waals surface area contributed by atoms with E-state index in [0.29, 0.717) is 0 Å². The Morgan fingerprint density at radius 1 is 0.955 bits per heavy atom. The van der Waals surface area contributed by atoms with Gasteiger partial charge in [-0.05, 0) is 20.8 Å². The zero-order chi connectivity index (χ0) is 16.5. The van der Waals surface area contributed by atoms with Gasteiger partial charge in [0, 0.05) is 13.1 Å². The summed E-state index contributed by atoms with van der Waals surface area (Å²) >= 11 is 0. The van der Waals surface area contributed by atoms with E-state index in [1.807, 2.05) is 0 Å². The lowest BCUT2D eigenvalue weighted by Gasteiger charge is -2.23. The molecule has 1 N–H and O–H groups in total. The van der Waals surface area contributed by atoms with Gasteiger partial charge in [0.25, 0.3) is 0 Å². The van der Waals surface area contributed by atoms with Crippen LogP contribution in [-0.2, 0) is 23.8 Å². The van der Waals surface area contributed by atoms with Crippen LogP contribution < -0.4 is 5.32 Å². The molecule has 0 spiro atoms. The van der Waals surface area contributed by atoms with Crippen LogP contribution in [0.1, 0.15) is 20.8 Å². The van der Waals surface area contributed by atoms with Gasteiger partial charge in [0.2, 0.25) is 0 Å². The van der Waals surface area contributed by atoms with Crippen LogP contribution in [-0.4, -0.2) is 68.4 Å². The summed E-state index contributed by atoms with van der Waals surface area (Å²) in [6.07, 6.45) is -0.560. The second kappa shape index (κ2) is 9.24. The maximum Gasteiger partial charge on any atom is 0.409 e. The molecule has 0 radical (unpaired) electrons. The number of hydrogen-bond donors (Lipinski definition) is 1. The van der Waals surface area contributed by atoms with Gasteiger partial charge in [-0.1, -0.05) is 0 Å². The van der Waals surface area contributed by atoms with Gasteiger partial charge in [0.1, 0.15) is 6.04 Å². The molecule has 1 saturated heterocycles.